The summed E-state index contributed by atoms with van der Waals surface area (Å²) in [7, 11) is -3.82. The Morgan fingerprint density at radius 2 is 1.74 bits per heavy atom. The van der Waals surface area contributed by atoms with E-state index >= 15 is 0 Å². The van der Waals surface area contributed by atoms with Gasteiger partial charge in [-0.2, -0.15) is 0 Å². The molecule has 0 radical (unpaired) electrons. The summed E-state index contributed by atoms with van der Waals surface area (Å²) in [6, 6.07) is 20.8. The van der Waals surface area contributed by atoms with Crippen molar-refractivity contribution in [2.45, 2.75) is 17.7 Å². The number of nitrogens with zero attached hydrogens (tertiary/aromatic N) is 2. The summed E-state index contributed by atoms with van der Waals surface area (Å²) in [5, 5.41) is 3.43. The van der Waals surface area contributed by atoms with Gasteiger partial charge in [0.25, 0.3) is 15.9 Å². The van der Waals surface area contributed by atoms with Crippen LogP contribution >= 0.6 is 0 Å². The minimum Gasteiger partial charge on any atom is -0.322 e. The second-order valence-electron chi connectivity index (χ2n) is 8.10. The molecule has 4 aromatic rings. The number of aromatic nitrogens is 1. The highest BCUT2D eigenvalue weighted by atomic mass is 32.2. The molecular formula is C26H21FN4O3S. The maximum atomic E-state index is 13.4. The maximum absolute atomic E-state index is 13.4. The first-order valence-electron chi connectivity index (χ1n) is 11.0. The maximum Gasteiger partial charge on any atom is 0.262 e. The van der Waals surface area contributed by atoms with Gasteiger partial charge in [-0.25, -0.2) is 17.8 Å². The van der Waals surface area contributed by atoms with Gasteiger partial charge in [-0.1, -0.05) is 24.3 Å². The number of para-hydroxylation sites is 1. The van der Waals surface area contributed by atoms with E-state index in [0.717, 1.165) is 6.42 Å². The number of carbonyl (C=O) groups is 1. The highest BCUT2D eigenvalue weighted by molar-refractivity contribution is 7.90. The molecule has 3 aromatic carbocycles. The van der Waals surface area contributed by atoms with Gasteiger partial charge >= 0.3 is 0 Å². The molecule has 0 aliphatic carbocycles. The number of amides is 1. The minimum atomic E-state index is -3.82. The van der Waals surface area contributed by atoms with E-state index in [1.807, 2.05) is 12.1 Å². The smallest absolute Gasteiger partial charge is 0.262 e. The largest absolute Gasteiger partial charge is 0.322 e. The number of hydrogen-bond donors (Lipinski definition) is 2. The van der Waals surface area contributed by atoms with Crippen LogP contribution in [0.3, 0.4) is 0 Å². The van der Waals surface area contributed by atoms with Gasteiger partial charge in [-0.3, -0.25) is 14.5 Å². The first-order chi connectivity index (χ1) is 16.9. The van der Waals surface area contributed by atoms with Gasteiger partial charge in [0.05, 0.1) is 21.7 Å². The Labute approximate surface area is 201 Å². The molecule has 0 fully saturated rings. The van der Waals surface area contributed by atoms with Gasteiger partial charge in [0.2, 0.25) is 0 Å². The second-order valence-corrected chi connectivity index (χ2v) is 9.78. The first kappa shape index (κ1) is 22.7. The average molecular weight is 489 g/mol. The van der Waals surface area contributed by atoms with Crippen molar-refractivity contribution in [1.82, 2.24) is 9.71 Å². The minimum absolute atomic E-state index is 0.0245. The lowest BCUT2D eigenvalue weighted by molar-refractivity contribution is 0.102. The third-order valence-corrected chi connectivity index (χ3v) is 7.01. The summed E-state index contributed by atoms with van der Waals surface area (Å²) in [5.74, 6) is -0.345. The Hall–Kier alpha value is -4.11. The SMILES string of the molecule is O=C(Nc1cccc(S(=O)(=O)NC2=NCCC2)c1)c1cc(-c2ccc(F)cc2)nc2ccccc12. The normalized spacial score (nSPS) is 13.5. The summed E-state index contributed by atoms with van der Waals surface area (Å²) in [6.45, 7) is 0.605. The molecule has 1 aromatic heterocycles. The van der Waals surface area contributed by atoms with Crippen molar-refractivity contribution in [3.63, 3.8) is 0 Å². The Balaban J connectivity index is 1.47. The van der Waals surface area contributed by atoms with Gasteiger partial charge in [-0.15, -0.1) is 0 Å². The van der Waals surface area contributed by atoms with Crippen LogP contribution in [0.15, 0.2) is 88.8 Å². The van der Waals surface area contributed by atoms with E-state index < -0.39 is 15.9 Å². The highest BCUT2D eigenvalue weighted by Gasteiger charge is 2.20. The zero-order valence-electron chi connectivity index (χ0n) is 18.5. The Kier molecular flexibility index (Phi) is 6.00. The number of aliphatic imine (C=N–C) groups is 1. The standard InChI is InChI=1S/C26H21FN4O3S/c27-18-12-10-17(11-13-18)24-16-22(21-7-1-2-8-23(21)30-24)26(32)29-19-5-3-6-20(15-19)35(33,34)31-25-9-4-14-28-25/h1-3,5-8,10-13,15-16H,4,9,14H2,(H,28,31)(H,29,32). The van der Waals surface area contributed by atoms with E-state index in [9.17, 15) is 17.6 Å². The molecule has 0 atom stereocenters. The Bertz CT molecular complexity index is 1570. The number of anilines is 1. The molecule has 176 valence electrons. The zero-order valence-corrected chi connectivity index (χ0v) is 19.3. The van der Waals surface area contributed by atoms with Gasteiger partial charge in [0.15, 0.2) is 0 Å². The van der Waals surface area contributed by atoms with Crippen molar-refractivity contribution in [1.29, 1.82) is 0 Å². The lowest BCUT2D eigenvalue weighted by Crippen LogP contribution is -2.29. The van der Waals surface area contributed by atoms with E-state index in [0.29, 0.717) is 52.2 Å². The quantitative estimate of drug-likeness (QED) is 0.423. The molecule has 0 unspecified atom stereocenters. The van der Waals surface area contributed by atoms with Crippen molar-refractivity contribution < 1.29 is 17.6 Å². The molecule has 1 aliphatic heterocycles. The van der Waals surface area contributed by atoms with Crippen LogP contribution in [0.2, 0.25) is 0 Å². The number of rotatable bonds is 5. The predicted octanol–water partition coefficient (Wildman–Crippen LogP) is 4.76. The molecule has 9 heteroatoms. The van der Waals surface area contributed by atoms with E-state index in [1.165, 1.54) is 24.3 Å². The van der Waals surface area contributed by atoms with Crippen molar-refractivity contribution in [3.05, 3.63) is 90.2 Å². The average Bonchev–Trinajstić information content (AvgIpc) is 3.36. The number of halogens is 1. The zero-order chi connectivity index (χ0) is 24.4. The molecule has 2 N–H and O–H groups in total. The molecule has 0 spiro atoms. The van der Waals surface area contributed by atoms with Crippen molar-refractivity contribution in [2.24, 2.45) is 4.99 Å². The molecule has 0 saturated heterocycles. The molecule has 0 saturated carbocycles. The van der Waals surface area contributed by atoms with Gasteiger partial charge in [0.1, 0.15) is 11.7 Å². The monoisotopic (exact) mass is 488 g/mol. The summed E-state index contributed by atoms with van der Waals surface area (Å²) in [4.78, 5) is 22.1. The number of carbonyl (C=O) groups excluding carboxylic acids is 1. The van der Waals surface area contributed by atoms with Crippen LogP contribution in [0.25, 0.3) is 22.2 Å². The van der Waals surface area contributed by atoms with Gasteiger partial charge < -0.3 is 5.32 Å². The van der Waals surface area contributed by atoms with Gasteiger partial charge in [-0.05, 0) is 61.0 Å². The molecule has 1 aliphatic rings. The molecule has 1 amide bonds. The van der Waals surface area contributed by atoms with E-state index in [-0.39, 0.29) is 10.7 Å². The van der Waals surface area contributed by atoms with Crippen LogP contribution in [0.4, 0.5) is 10.1 Å². The molecule has 7 nitrogen and oxygen atoms in total. The van der Waals surface area contributed by atoms with E-state index in [2.05, 4.69) is 20.0 Å². The first-order valence-corrected chi connectivity index (χ1v) is 12.5. The molecule has 35 heavy (non-hydrogen) atoms. The summed E-state index contributed by atoms with van der Waals surface area (Å²) in [6.07, 6.45) is 1.40. The third kappa shape index (κ3) is 4.90. The predicted molar refractivity (Wildman–Crippen MR) is 133 cm³/mol. The topological polar surface area (TPSA) is 101 Å². The third-order valence-electron chi connectivity index (χ3n) is 5.63. The second kappa shape index (κ2) is 9.27. The Morgan fingerprint density at radius 1 is 0.943 bits per heavy atom. The van der Waals surface area contributed by atoms with Crippen LogP contribution in [0, 0.1) is 5.82 Å². The van der Waals surface area contributed by atoms with Crippen LogP contribution in [0.1, 0.15) is 23.2 Å². The van der Waals surface area contributed by atoms with E-state index in [4.69, 9.17) is 0 Å². The molecular weight excluding hydrogens is 467 g/mol. The number of hydrogen-bond acceptors (Lipinski definition) is 5. The number of fused-ring (bicyclic) bond motifs is 1. The summed E-state index contributed by atoms with van der Waals surface area (Å²) in [5.41, 5.74) is 2.49. The van der Waals surface area contributed by atoms with Gasteiger partial charge in [0, 0.05) is 29.6 Å². The van der Waals surface area contributed by atoms with Crippen molar-refractivity contribution in [3.8, 4) is 11.3 Å². The molecule has 5 rings (SSSR count). The fourth-order valence-electron chi connectivity index (χ4n) is 3.91. The fourth-order valence-corrected chi connectivity index (χ4v) is 5.04. The van der Waals surface area contributed by atoms with Crippen LogP contribution < -0.4 is 10.0 Å². The van der Waals surface area contributed by atoms with Crippen LogP contribution in [-0.2, 0) is 10.0 Å². The highest BCUT2D eigenvalue weighted by Crippen LogP contribution is 2.26. The molecule has 2 heterocycles. The van der Waals surface area contributed by atoms with E-state index in [1.54, 1.807) is 42.5 Å². The number of nitrogens with one attached hydrogen (secondary N) is 2. The van der Waals surface area contributed by atoms with Crippen molar-refractivity contribution in [2.75, 3.05) is 11.9 Å². The number of sulfonamides is 1. The fraction of sp³-hybridized carbons (Fsp3) is 0.115. The van der Waals surface area contributed by atoms with Crippen molar-refractivity contribution >= 4 is 38.4 Å². The summed E-state index contributed by atoms with van der Waals surface area (Å²) >= 11 is 0. The lowest BCUT2D eigenvalue weighted by atomic mass is 10.0. The summed E-state index contributed by atoms with van der Waals surface area (Å²) < 4.78 is 41.4. The number of benzene rings is 3. The van der Waals surface area contributed by atoms with Crippen LogP contribution in [-0.4, -0.2) is 31.7 Å². The van der Waals surface area contributed by atoms with Crippen LogP contribution in [0.5, 0.6) is 0 Å². The molecule has 0 bridgehead atoms. The number of amidine groups is 1. The Morgan fingerprint density at radius 3 is 2.51 bits per heavy atom. The number of pyridine rings is 1. The lowest BCUT2D eigenvalue weighted by Gasteiger charge is -2.12.